The van der Waals surface area contributed by atoms with E-state index in [1.165, 1.54) is 0 Å². The van der Waals surface area contributed by atoms with Gasteiger partial charge in [-0.25, -0.2) is 0 Å². The molecule has 8 rings (SSSR count). The Morgan fingerprint density at radius 2 is 1.27 bits per heavy atom. The van der Waals surface area contributed by atoms with Gasteiger partial charge in [-0.15, -0.1) is 23.2 Å². The minimum absolute atomic E-state index is 0.359. The molecule has 0 unspecified atom stereocenters. The second-order valence-electron chi connectivity index (χ2n) is 11.9. The lowest BCUT2D eigenvalue weighted by Crippen LogP contribution is -2.57. The van der Waals surface area contributed by atoms with Gasteiger partial charge in [0.1, 0.15) is 27.3 Å². The van der Waals surface area contributed by atoms with Crippen LogP contribution in [0.4, 0.5) is 5.69 Å². The number of alkyl halides is 2. The van der Waals surface area contributed by atoms with E-state index in [1.54, 1.807) is 56.3 Å². The molecule has 3 atom stereocenters. The summed E-state index contributed by atoms with van der Waals surface area (Å²) in [5.74, 6) is -2.99. The minimum Gasteiger partial charge on any atom is -0.456 e. The van der Waals surface area contributed by atoms with Crippen LogP contribution >= 0.6 is 46.4 Å². The number of likely N-dealkylation sites (tertiary alicyclic amines) is 1. The zero-order valence-corrected chi connectivity index (χ0v) is 27.1. The van der Waals surface area contributed by atoms with Crippen LogP contribution < -0.4 is 10.1 Å². The number of nitrogens with zero attached hydrogens (tertiary/aromatic N) is 1. The van der Waals surface area contributed by atoms with Gasteiger partial charge in [0, 0.05) is 10.7 Å². The number of halogens is 4. The SMILES string of the molecule is CC(C)[C@@H](C(=O)Nc1ccc(Oc2ccc(Cl)cc2Cl)cc1)N1C(=O)[C@@H]2[C@H](C1=O)C1(Cl)c3ccccc3C2(Cl)c2ccccc21. The number of benzene rings is 4. The molecule has 2 bridgehead atoms. The molecular formula is C35H26Cl4N2O4. The summed E-state index contributed by atoms with van der Waals surface area (Å²) in [5, 5.41) is 3.72. The fourth-order valence-corrected chi connectivity index (χ4v) is 8.73. The van der Waals surface area contributed by atoms with E-state index in [9.17, 15) is 14.4 Å². The van der Waals surface area contributed by atoms with Gasteiger partial charge >= 0.3 is 0 Å². The molecule has 3 amide bonds. The fourth-order valence-electron chi connectivity index (χ4n) is 7.19. The number of anilines is 1. The number of rotatable bonds is 6. The zero-order chi connectivity index (χ0) is 31.8. The van der Waals surface area contributed by atoms with Crippen molar-refractivity contribution < 1.29 is 19.1 Å². The number of ether oxygens (including phenoxy) is 1. The third-order valence-electron chi connectivity index (χ3n) is 9.04. The van der Waals surface area contributed by atoms with Crippen molar-refractivity contribution in [2.45, 2.75) is 29.6 Å². The van der Waals surface area contributed by atoms with Crippen molar-refractivity contribution in [1.29, 1.82) is 0 Å². The number of hydrogen-bond acceptors (Lipinski definition) is 4. The van der Waals surface area contributed by atoms with Crippen LogP contribution in [0.3, 0.4) is 0 Å². The Hall–Kier alpha value is -3.55. The number of carbonyl (C=O) groups excluding carboxylic acids is 3. The van der Waals surface area contributed by atoms with E-state index in [0.717, 1.165) is 4.90 Å². The first-order valence-electron chi connectivity index (χ1n) is 14.5. The average Bonchev–Trinajstić information content (AvgIpc) is 3.29. The first-order chi connectivity index (χ1) is 21.5. The predicted octanol–water partition coefficient (Wildman–Crippen LogP) is 8.34. The highest BCUT2D eigenvalue weighted by Crippen LogP contribution is 2.69. The Morgan fingerprint density at radius 3 is 1.71 bits per heavy atom. The largest absolute Gasteiger partial charge is 0.456 e. The number of hydrogen-bond donors (Lipinski definition) is 1. The number of nitrogens with one attached hydrogen (secondary N) is 1. The second-order valence-corrected chi connectivity index (χ2v) is 13.9. The maximum atomic E-state index is 14.4. The molecule has 4 aromatic carbocycles. The summed E-state index contributed by atoms with van der Waals surface area (Å²) < 4.78 is 5.85. The van der Waals surface area contributed by atoms with E-state index in [-0.39, 0.29) is 0 Å². The lowest BCUT2D eigenvalue weighted by molar-refractivity contribution is -0.148. The molecule has 1 N–H and O–H groups in total. The van der Waals surface area contributed by atoms with E-state index in [0.29, 0.717) is 49.5 Å². The Labute approximate surface area is 280 Å². The quantitative estimate of drug-likeness (QED) is 0.164. The highest BCUT2D eigenvalue weighted by molar-refractivity contribution is 6.36. The van der Waals surface area contributed by atoms with Gasteiger partial charge in [-0.1, -0.05) is 85.6 Å². The number of amides is 3. The van der Waals surface area contributed by atoms with Crippen molar-refractivity contribution in [2.24, 2.45) is 17.8 Å². The molecule has 0 spiro atoms. The third kappa shape index (κ3) is 4.34. The Balaban J connectivity index is 1.20. The maximum absolute atomic E-state index is 14.4. The summed E-state index contributed by atoms with van der Waals surface area (Å²) in [6, 6.07) is 25.4. The predicted molar refractivity (Wildman–Crippen MR) is 175 cm³/mol. The van der Waals surface area contributed by atoms with Crippen molar-refractivity contribution >= 4 is 69.8 Å². The molecule has 4 aliphatic rings. The molecule has 10 heteroatoms. The topological polar surface area (TPSA) is 75.7 Å². The van der Waals surface area contributed by atoms with Crippen LogP contribution in [0.2, 0.25) is 10.0 Å². The van der Waals surface area contributed by atoms with E-state index in [4.69, 9.17) is 51.1 Å². The van der Waals surface area contributed by atoms with Crippen molar-refractivity contribution in [2.75, 3.05) is 5.32 Å². The highest BCUT2D eigenvalue weighted by Gasteiger charge is 2.73. The van der Waals surface area contributed by atoms with Gasteiger partial charge in [0.05, 0.1) is 16.9 Å². The number of imide groups is 1. The lowest BCUT2D eigenvalue weighted by Gasteiger charge is -2.54. The van der Waals surface area contributed by atoms with E-state index in [2.05, 4.69) is 5.32 Å². The van der Waals surface area contributed by atoms with Gasteiger partial charge < -0.3 is 10.1 Å². The maximum Gasteiger partial charge on any atom is 0.247 e. The van der Waals surface area contributed by atoms with Crippen LogP contribution in [0.5, 0.6) is 11.5 Å². The molecule has 1 saturated heterocycles. The molecule has 1 heterocycles. The van der Waals surface area contributed by atoms with Gasteiger partial charge in [0.15, 0.2) is 0 Å². The van der Waals surface area contributed by atoms with Gasteiger partial charge in [-0.3, -0.25) is 19.3 Å². The molecule has 0 saturated carbocycles. The Kier molecular flexibility index (Phi) is 7.21. The molecule has 3 aliphatic carbocycles. The molecule has 0 radical (unpaired) electrons. The molecule has 1 fully saturated rings. The molecule has 6 nitrogen and oxygen atoms in total. The van der Waals surface area contributed by atoms with Gasteiger partial charge in [0.2, 0.25) is 17.7 Å². The standard InChI is InChI=1S/C35H26Cl4N2O4/c1-18(2)30(31(42)40-20-12-14-21(15-13-20)45-27-16-11-19(36)17-26(27)37)41-32(43)28-29(33(41)44)35(39)23-8-4-3-7-22(23)34(28,38)24-9-5-6-10-25(24)35/h3-18,28-30H,1-2H3,(H,40,42)/t28-,29+,30-,34?,35?/m0/s1. The zero-order valence-electron chi connectivity index (χ0n) is 24.1. The van der Waals surface area contributed by atoms with Crippen LogP contribution in [0, 0.1) is 17.8 Å². The van der Waals surface area contributed by atoms with Gasteiger partial charge in [-0.05, 0) is 70.6 Å². The monoisotopic (exact) mass is 678 g/mol. The summed E-state index contributed by atoms with van der Waals surface area (Å²) in [4.78, 5) is 41.2. The van der Waals surface area contributed by atoms with Crippen LogP contribution in [0.1, 0.15) is 36.1 Å². The fraction of sp³-hybridized carbons (Fsp3) is 0.229. The minimum atomic E-state index is -1.32. The lowest BCUT2D eigenvalue weighted by atomic mass is 9.54. The molecule has 1 aliphatic heterocycles. The van der Waals surface area contributed by atoms with Crippen molar-refractivity contribution in [3.05, 3.63) is 123 Å². The molecular weight excluding hydrogens is 654 g/mol. The third-order valence-corrected chi connectivity index (χ3v) is 10.9. The van der Waals surface area contributed by atoms with E-state index in [1.807, 2.05) is 48.5 Å². The Morgan fingerprint density at radius 1 is 0.778 bits per heavy atom. The average molecular weight is 680 g/mol. The first-order valence-corrected chi connectivity index (χ1v) is 16.0. The summed E-state index contributed by atoms with van der Waals surface area (Å²) >= 11 is 27.3. The summed E-state index contributed by atoms with van der Waals surface area (Å²) in [5.41, 5.74) is 3.28. The summed E-state index contributed by atoms with van der Waals surface area (Å²) in [6.45, 7) is 3.59. The summed E-state index contributed by atoms with van der Waals surface area (Å²) in [7, 11) is 0. The number of carbonyl (C=O) groups is 3. The molecule has 45 heavy (non-hydrogen) atoms. The second kappa shape index (κ2) is 10.8. The summed E-state index contributed by atoms with van der Waals surface area (Å²) in [6.07, 6.45) is 0. The van der Waals surface area contributed by atoms with Crippen LogP contribution in [-0.4, -0.2) is 28.7 Å². The van der Waals surface area contributed by atoms with E-state index < -0.39 is 51.3 Å². The van der Waals surface area contributed by atoms with Crippen LogP contribution in [0.25, 0.3) is 0 Å². The van der Waals surface area contributed by atoms with Crippen LogP contribution in [0.15, 0.2) is 91.0 Å². The van der Waals surface area contributed by atoms with Gasteiger partial charge in [-0.2, -0.15) is 0 Å². The molecule has 4 aromatic rings. The molecule has 0 aromatic heterocycles. The first kappa shape index (κ1) is 30.1. The van der Waals surface area contributed by atoms with Crippen molar-refractivity contribution in [3.8, 4) is 11.5 Å². The highest BCUT2D eigenvalue weighted by atomic mass is 35.5. The Bertz CT molecular complexity index is 1770. The van der Waals surface area contributed by atoms with Crippen LogP contribution in [-0.2, 0) is 24.1 Å². The van der Waals surface area contributed by atoms with Gasteiger partial charge in [0.25, 0.3) is 0 Å². The molecule has 228 valence electrons. The smallest absolute Gasteiger partial charge is 0.247 e. The van der Waals surface area contributed by atoms with Crippen molar-refractivity contribution in [3.63, 3.8) is 0 Å². The van der Waals surface area contributed by atoms with E-state index >= 15 is 0 Å². The normalized spacial score (nSPS) is 25.1. The van der Waals surface area contributed by atoms with Crippen molar-refractivity contribution in [1.82, 2.24) is 4.90 Å².